The van der Waals surface area contributed by atoms with E-state index in [-0.39, 0.29) is 6.03 Å². The van der Waals surface area contributed by atoms with Gasteiger partial charge in [0.2, 0.25) is 0 Å². The average Bonchev–Trinajstić information content (AvgIpc) is 3.23. The Morgan fingerprint density at radius 2 is 1.56 bits per heavy atom. The number of nitrogens with zero attached hydrogens (tertiary/aromatic N) is 5. The van der Waals surface area contributed by atoms with Crippen LogP contribution < -0.4 is 10.6 Å². The molecule has 2 aromatic carbocycles. The molecule has 8 nitrogen and oxygen atoms in total. The number of pyridine rings is 1. The van der Waals surface area contributed by atoms with Gasteiger partial charge in [-0.2, -0.15) is 9.61 Å². The van der Waals surface area contributed by atoms with Gasteiger partial charge in [0.25, 0.3) is 0 Å². The van der Waals surface area contributed by atoms with Gasteiger partial charge in [-0.3, -0.25) is 4.98 Å². The summed E-state index contributed by atoms with van der Waals surface area (Å²) in [5, 5.41) is 19.3. The molecule has 0 unspecified atom stereocenters. The van der Waals surface area contributed by atoms with Crippen LogP contribution in [-0.4, -0.2) is 30.8 Å². The summed E-state index contributed by atoms with van der Waals surface area (Å²) in [4.78, 5) is 16.4. The minimum absolute atomic E-state index is 0.369. The van der Waals surface area contributed by atoms with Crippen molar-refractivity contribution < 1.29 is 4.79 Å². The number of rotatable bonds is 4. The summed E-state index contributed by atoms with van der Waals surface area (Å²) in [5.74, 6) is 0.624. The minimum Gasteiger partial charge on any atom is -0.308 e. The van der Waals surface area contributed by atoms with Gasteiger partial charge in [-0.25, -0.2) is 4.79 Å². The second kappa shape index (κ2) is 8.44. The highest BCUT2D eigenvalue weighted by molar-refractivity contribution is 6.30. The van der Waals surface area contributed by atoms with E-state index in [1.54, 1.807) is 47.2 Å². The Labute approximate surface area is 187 Å². The number of anilines is 2. The molecule has 5 rings (SSSR count). The number of halogens is 1. The Morgan fingerprint density at radius 3 is 2.34 bits per heavy atom. The number of benzene rings is 2. The van der Waals surface area contributed by atoms with Gasteiger partial charge in [-0.05, 0) is 54.6 Å². The van der Waals surface area contributed by atoms with Gasteiger partial charge in [0.1, 0.15) is 0 Å². The number of fused-ring (bicyclic) bond motifs is 1. The molecule has 32 heavy (non-hydrogen) atoms. The van der Waals surface area contributed by atoms with Crippen molar-refractivity contribution in [3.05, 3.63) is 90.2 Å². The first-order chi connectivity index (χ1) is 15.7. The van der Waals surface area contributed by atoms with Crippen molar-refractivity contribution in [2.45, 2.75) is 0 Å². The molecule has 0 radical (unpaired) electrons. The van der Waals surface area contributed by atoms with Crippen molar-refractivity contribution in [2.75, 3.05) is 10.6 Å². The second-order valence-corrected chi connectivity index (χ2v) is 7.35. The number of nitrogens with one attached hydrogen (secondary N) is 2. The number of carbonyl (C=O) groups excluding carboxylic acids is 1. The molecule has 0 saturated carbocycles. The zero-order valence-electron chi connectivity index (χ0n) is 16.6. The predicted molar refractivity (Wildman–Crippen MR) is 124 cm³/mol. The van der Waals surface area contributed by atoms with Gasteiger partial charge in [0, 0.05) is 39.9 Å². The number of hydrogen-bond donors (Lipinski definition) is 2. The van der Waals surface area contributed by atoms with Crippen LogP contribution in [-0.2, 0) is 0 Å². The van der Waals surface area contributed by atoms with Crippen molar-refractivity contribution in [3.63, 3.8) is 0 Å². The number of carbonyl (C=O) groups is 1. The molecule has 0 fully saturated rings. The molecule has 9 heteroatoms. The lowest BCUT2D eigenvalue weighted by atomic mass is 10.1. The first-order valence-electron chi connectivity index (χ1n) is 9.72. The third-order valence-electron chi connectivity index (χ3n) is 4.70. The Morgan fingerprint density at radius 1 is 0.812 bits per heavy atom. The Hall–Kier alpha value is -4.30. The van der Waals surface area contributed by atoms with E-state index < -0.39 is 0 Å². The van der Waals surface area contributed by atoms with E-state index in [1.165, 1.54) is 0 Å². The van der Waals surface area contributed by atoms with Gasteiger partial charge in [-0.1, -0.05) is 29.8 Å². The van der Waals surface area contributed by atoms with E-state index >= 15 is 0 Å². The monoisotopic (exact) mass is 441 g/mol. The third kappa shape index (κ3) is 4.12. The van der Waals surface area contributed by atoms with E-state index in [0.717, 1.165) is 11.1 Å². The molecule has 2 amide bonds. The summed E-state index contributed by atoms with van der Waals surface area (Å²) in [6.45, 7) is 0. The number of aromatic nitrogens is 5. The van der Waals surface area contributed by atoms with E-state index in [4.69, 9.17) is 16.7 Å². The fraction of sp³-hybridized carbons (Fsp3) is 0. The molecular formula is C23H16ClN7O. The van der Waals surface area contributed by atoms with Crippen molar-refractivity contribution in [1.82, 2.24) is 24.8 Å². The van der Waals surface area contributed by atoms with Gasteiger partial charge in [-0.15, -0.1) is 10.2 Å². The topological polar surface area (TPSA) is 97.1 Å². The molecule has 0 spiro atoms. The van der Waals surface area contributed by atoms with E-state index in [2.05, 4.69) is 25.8 Å². The second-order valence-electron chi connectivity index (χ2n) is 6.92. The maximum atomic E-state index is 12.4. The molecule has 0 aliphatic rings. The Balaban J connectivity index is 1.41. The van der Waals surface area contributed by atoms with Crippen LogP contribution in [0.15, 0.2) is 85.2 Å². The maximum absolute atomic E-state index is 12.4. The number of amides is 2. The van der Waals surface area contributed by atoms with Gasteiger partial charge < -0.3 is 10.6 Å². The Kier molecular flexibility index (Phi) is 5.19. The van der Waals surface area contributed by atoms with Crippen LogP contribution in [0.3, 0.4) is 0 Å². The zero-order valence-corrected chi connectivity index (χ0v) is 17.4. The third-order valence-corrected chi connectivity index (χ3v) is 4.94. The van der Waals surface area contributed by atoms with Gasteiger partial charge in [0.05, 0.1) is 5.69 Å². The molecule has 2 N–H and O–H groups in total. The summed E-state index contributed by atoms with van der Waals surface area (Å²) < 4.78 is 1.69. The first kappa shape index (κ1) is 19.7. The summed E-state index contributed by atoms with van der Waals surface area (Å²) >= 11 is 5.97. The standard InChI is InChI=1S/C23H16ClN7O/c24-17-4-2-6-19(14-17)27-23(32)26-18-5-1-3-16(13-18)20-7-8-21-28-29-22(31(21)30-20)15-9-11-25-12-10-15/h1-14H,(H2,26,27,32). The van der Waals surface area contributed by atoms with Crippen molar-refractivity contribution in [2.24, 2.45) is 0 Å². The smallest absolute Gasteiger partial charge is 0.308 e. The van der Waals surface area contributed by atoms with E-state index in [0.29, 0.717) is 33.6 Å². The van der Waals surface area contributed by atoms with E-state index in [9.17, 15) is 4.79 Å². The van der Waals surface area contributed by atoms with Crippen LogP contribution in [0.5, 0.6) is 0 Å². The van der Waals surface area contributed by atoms with Crippen LogP contribution in [0.4, 0.5) is 16.2 Å². The van der Waals surface area contributed by atoms with Crippen molar-refractivity contribution >= 4 is 34.7 Å². The Bertz CT molecular complexity index is 1420. The summed E-state index contributed by atoms with van der Waals surface area (Å²) in [7, 11) is 0. The largest absolute Gasteiger partial charge is 0.323 e. The lowest BCUT2D eigenvalue weighted by Gasteiger charge is -2.09. The number of hydrogen-bond acceptors (Lipinski definition) is 5. The molecule has 0 saturated heterocycles. The first-order valence-corrected chi connectivity index (χ1v) is 10.1. The van der Waals surface area contributed by atoms with Crippen LogP contribution in [0.25, 0.3) is 28.3 Å². The lowest BCUT2D eigenvalue weighted by Crippen LogP contribution is -2.19. The average molecular weight is 442 g/mol. The summed E-state index contributed by atoms with van der Waals surface area (Å²) in [6, 6.07) is 21.4. The van der Waals surface area contributed by atoms with Gasteiger partial charge >= 0.3 is 6.03 Å². The van der Waals surface area contributed by atoms with Crippen LogP contribution in [0.2, 0.25) is 5.02 Å². The zero-order chi connectivity index (χ0) is 21.9. The van der Waals surface area contributed by atoms with Crippen LogP contribution >= 0.6 is 11.6 Å². The van der Waals surface area contributed by atoms with E-state index in [1.807, 2.05) is 42.5 Å². The van der Waals surface area contributed by atoms with Crippen molar-refractivity contribution in [1.29, 1.82) is 0 Å². The summed E-state index contributed by atoms with van der Waals surface area (Å²) in [6.07, 6.45) is 3.40. The highest BCUT2D eigenvalue weighted by Crippen LogP contribution is 2.23. The molecular weight excluding hydrogens is 426 g/mol. The molecule has 0 aliphatic carbocycles. The summed E-state index contributed by atoms with van der Waals surface area (Å²) in [5.41, 5.74) is 4.28. The van der Waals surface area contributed by atoms with Crippen LogP contribution in [0, 0.1) is 0 Å². The molecule has 156 valence electrons. The normalized spacial score (nSPS) is 10.8. The quantitative estimate of drug-likeness (QED) is 0.402. The highest BCUT2D eigenvalue weighted by atomic mass is 35.5. The van der Waals surface area contributed by atoms with Gasteiger partial charge in [0.15, 0.2) is 11.5 Å². The molecule has 0 aliphatic heterocycles. The maximum Gasteiger partial charge on any atom is 0.323 e. The fourth-order valence-corrected chi connectivity index (χ4v) is 3.43. The molecule has 0 bridgehead atoms. The molecule has 3 aromatic heterocycles. The molecule has 0 atom stereocenters. The SMILES string of the molecule is O=C(Nc1cccc(Cl)c1)Nc1cccc(-c2ccc3nnc(-c4ccncc4)n3n2)c1. The molecule has 5 aromatic rings. The minimum atomic E-state index is -0.369. The van der Waals surface area contributed by atoms with Crippen molar-refractivity contribution in [3.8, 4) is 22.6 Å². The molecule has 3 heterocycles. The number of urea groups is 1. The predicted octanol–water partition coefficient (Wildman–Crippen LogP) is 5.15. The van der Waals surface area contributed by atoms with Crippen LogP contribution in [0.1, 0.15) is 0 Å². The highest BCUT2D eigenvalue weighted by Gasteiger charge is 2.11. The lowest BCUT2D eigenvalue weighted by molar-refractivity contribution is 0.262. The fourth-order valence-electron chi connectivity index (χ4n) is 3.24.